The van der Waals surface area contributed by atoms with Crippen LogP contribution in [0.2, 0.25) is 0 Å². The molecule has 0 aliphatic heterocycles. The fourth-order valence-electron chi connectivity index (χ4n) is 1.70. The lowest BCUT2D eigenvalue weighted by Gasteiger charge is -2.18. The number of ether oxygens (including phenoxy) is 2. The third-order valence-corrected chi connectivity index (χ3v) is 3.15. The summed E-state index contributed by atoms with van der Waals surface area (Å²) in [5.74, 6) is 2.17. The van der Waals surface area contributed by atoms with Crippen molar-refractivity contribution >= 4 is 11.6 Å². The minimum absolute atomic E-state index is 0.244. The zero-order valence-corrected chi connectivity index (χ0v) is 12.3. The second-order valence-electron chi connectivity index (χ2n) is 4.31. The van der Waals surface area contributed by atoms with E-state index in [1.165, 1.54) is 0 Å². The summed E-state index contributed by atoms with van der Waals surface area (Å²) in [6.07, 6.45) is 3.24. The predicted octanol–water partition coefficient (Wildman–Crippen LogP) is 4.78. The Balaban J connectivity index is 2.84. The topological polar surface area (TPSA) is 18.5 Å². The van der Waals surface area contributed by atoms with E-state index in [0.29, 0.717) is 5.88 Å². The molecule has 0 N–H and O–H groups in total. The number of benzene rings is 1. The van der Waals surface area contributed by atoms with Crippen molar-refractivity contribution in [2.75, 3.05) is 6.61 Å². The van der Waals surface area contributed by atoms with Gasteiger partial charge in [0.1, 0.15) is 11.5 Å². The van der Waals surface area contributed by atoms with Crippen LogP contribution in [0.15, 0.2) is 18.2 Å². The summed E-state index contributed by atoms with van der Waals surface area (Å²) in [5.41, 5.74) is 1.02. The first kappa shape index (κ1) is 15.2. The van der Waals surface area contributed by atoms with Gasteiger partial charge in [-0.3, -0.25) is 0 Å². The normalized spacial score (nSPS) is 10.7. The van der Waals surface area contributed by atoms with Gasteiger partial charge in [0.05, 0.1) is 18.6 Å². The lowest BCUT2D eigenvalue weighted by atomic mass is 10.2. The molecule has 1 rings (SSSR count). The molecule has 0 heterocycles. The molecule has 0 aromatic heterocycles. The van der Waals surface area contributed by atoms with Crippen molar-refractivity contribution < 1.29 is 9.47 Å². The van der Waals surface area contributed by atoms with Crippen LogP contribution < -0.4 is 9.47 Å². The lowest BCUT2D eigenvalue weighted by molar-refractivity contribution is 0.190. The van der Waals surface area contributed by atoms with E-state index in [1.807, 2.05) is 18.2 Å². The first-order valence-corrected chi connectivity index (χ1v) is 7.26. The summed E-state index contributed by atoms with van der Waals surface area (Å²) < 4.78 is 11.6. The average molecular weight is 271 g/mol. The molecule has 0 unspecified atom stereocenters. The molecule has 0 fully saturated rings. The molecule has 0 radical (unpaired) electrons. The highest BCUT2D eigenvalue weighted by Crippen LogP contribution is 2.28. The van der Waals surface area contributed by atoms with Gasteiger partial charge in [0.2, 0.25) is 0 Å². The highest BCUT2D eigenvalue weighted by Gasteiger charge is 2.10. The fourth-order valence-corrected chi connectivity index (χ4v) is 1.92. The molecule has 0 bridgehead atoms. The molecule has 102 valence electrons. The zero-order valence-electron chi connectivity index (χ0n) is 11.5. The minimum atomic E-state index is 0.244. The number of hydrogen-bond acceptors (Lipinski definition) is 2. The van der Waals surface area contributed by atoms with Crippen LogP contribution in [0.5, 0.6) is 11.5 Å². The van der Waals surface area contributed by atoms with Crippen molar-refractivity contribution in [3.63, 3.8) is 0 Å². The molecule has 0 aliphatic carbocycles. The zero-order chi connectivity index (χ0) is 13.4. The quantitative estimate of drug-likeness (QED) is 0.633. The SMILES string of the molecule is CCCOc1ccc(CCl)c(OC(CC)CC)c1. The molecule has 0 aliphatic rings. The number of hydrogen-bond donors (Lipinski definition) is 0. The van der Waals surface area contributed by atoms with Gasteiger partial charge in [0.15, 0.2) is 0 Å². The van der Waals surface area contributed by atoms with Crippen molar-refractivity contribution in [2.45, 2.75) is 52.0 Å². The van der Waals surface area contributed by atoms with Crippen molar-refractivity contribution in [3.05, 3.63) is 23.8 Å². The first-order chi connectivity index (χ1) is 8.74. The molecule has 0 saturated heterocycles. The molecular weight excluding hydrogens is 248 g/mol. The molecule has 18 heavy (non-hydrogen) atoms. The Morgan fingerprint density at radius 3 is 2.44 bits per heavy atom. The Bertz CT molecular complexity index is 348. The van der Waals surface area contributed by atoms with Crippen molar-refractivity contribution in [1.82, 2.24) is 0 Å². The van der Waals surface area contributed by atoms with Crippen LogP contribution >= 0.6 is 11.6 Å². The molecule has 2 nitrogen and oxygen atoms in total. The molecule has 0 saturated carbocycles. The van der Waals surface area contributed by atoms with Gasteiger partial charge in [-0.2, -0.15) is 0 Å². The van der Waals surface area contributed by atoms with Crippen molar-refractivity contribution in [3.8, 4) is 11.5 Å². The Morgan fingerprint density at radius 1 is 1.17 bits per heavy atom. The largest absolute Gasteiger partial charge is 0.493 e. The van der Waals surface area contributed by atoms with Gasteiger partial charge >= 0.3 is 0 Å². The molecule has 3 heteroatoms. The molecule has 1 aromatic rings. The second-order valence-corrected chi connectivity index (χ2v) is 4.58. The summed E-state index contributed by atoms with van der Waals surface area (Å²) in [7, 11) is 0. The van der Waals surface area contributed by atoms with Gasteiger partial charge in [0.25, 0.3) is 0 Å². The number of alkyl halides is 1. The minimum Gasteiger partial charge on any atom is -0.493 e. The summed E-state index contributed by atoms with van der Waals surface area (Å²) in [4.78, 5) is 0. The standard InChI is InChI=1S/C15H23ClO2/c1-4-9-17-14-8-7-12(11-16)15(10-14)18-13(5-2)6-3/h7-8,10,13H,4-6,9,11H2,1-3H3. The highest BCUT2D eigenvalue weighted by atomic mass is 35.5. The van der Waals surface area contributed by atoms with Gasteiger partial charge in [-0.25, -0.2) is 0 Å². The van der Waals surface area contributed by atoms with Crippen LogP contribution in [-0.4, -0.2) is 12.7 Å². The maximum atomic E-state index is 5.99. The van der Waals surface area contributed by atoms with E-state index in [9.17, 15) is 0 Å². The van der Waals surface area contributed by atoms with Crippen molar-refractivity contribution in [1.29, 1.82) is 0 Å². The average Bonchev–Trinajstić information content (AvgIpc) is 2.42. The summed E-state index contributed by atoms with van der Waals surface area (Å²) in [6.45, 7) is 7.08. The van der Waals surface area contributed by atoms with Crippen LogP contribution in [0.1, 0.15) is 45.6 Å². The number of rotatable bonds is 8. The van der Waals surface area contributed by atoms with Gasteiger partial charge in [-0.15, -0.1) is 11.6 Å². The van der Waals surface area contributed by atoms with E-state index in [2.05, 4.69) is 20.8 Å². The van der Waals surface area contributed by atoms with Gasteiger partial charge in [-0.1, -0.05) is 26.8 Å². The molecule has 0 atom stereocenters. The highest BCUT2D eigenvalue weighted by molar-refractivity contribution is 6.17. The lowest BCUT2D eigenvalue weighted by Crippen LogP contribution is -2.14. The molecule has 1 aromatic carbocycles. The van der Waals surface area contributed by atoms with Gasteiger partial charge in [-0.05, 0) is 25.3 Å². The van der Waals surface area contributed by atoms with Crippen LogP contribution in [0.3, 0.4) is 0 Å². The second kappa shape index (κ2) is 8.25. The van der Waals surface area contributed by atoms with Crippen LogP contribution in [0.4, 0.5) is 0 Å². The Labute approximate surface area is 115 Å². The monoisotopic (exact) mass is 270 g/mol. The van der Waals surface area contributed by atoms with Crippen LogP contribution in [-0.2, 0) is 5.88 Å². The van der Waals surface area contributed by atoms with E-state index < -0.39 is 0 Å². The van der Waals surface area contributed by atoms with E-state index in [0.717, 1.165) is 42.9 Å². The van der Waals surface area contributed by atoms with E-state index in [-0.39, 0.29) is 6.10 Å². The van der Waals surface area contributed by atoms with E-state index >= 15 is 0 Å². The van der Waals surface area contributed by atoms with Crippen LogP contribution in [0.25, 0.3) is 0 Å². The van der Waals surface area contributed by atoms with Crippen LogP contribution in [0, 0.1) is 0 Å². The van der Waals surface area contributed by atoms with Gasteiger partial charge in [0, 0.05) is 11.6 Å². The van der Waals surface area contributed by atoms with Crippen molar-refractivity contribution in [2.24, 2.45) is 0 Å². The fraction of sp³-hybridized carbons (Fsp3) is 0.600. The van der Waals surface area contributed by atoms with E-state index in [4.69, 9.17) is 21.1 Å². The molecular formula is C15H23ClO2. The first-order valence-electron chi connectivity index (χ1n) is 6.73. The maximum absolute atomic E-state index is 5.99. The summed E-state index contributed by atoms with van der Waals surface area (Å²) in [6, 6.07) is 5.88. The maximum Gasteiger partial charge on any atom is 0.127 e. The third-order valence-electron chi connectivity index (χ3n) is 2.86. The Morgan fingerprint density at radius 2 is 1.89 bits per heavy atom. The smallest absolute Gasteiger partial charge is 0.127 e. The summed E-state index contributed by atoms with van der Waals surface area (Å²) >= 11 is 5.94. The van der Waals surface area contributed by atoms with E-state index in [1.54, 1.807) is 0 Å². The Hall–Kier alpha value is -0.890. The molecule has 0 amide bonds. The summed E-state index contributed by atoms with van der Waals surface area (Å²) in [5, 5.41) is 0. The Kier molecular flexibility index (Phi) is 6.96. The van der Waals surface area contributed by atoms with Gasteiger partial charge < -0.3 is 9.47 Å². The third kappa shape index (κ3) is 4.41. The number of halogens is 1. The molecule has 0 spiro atoms. The predicted molar refractivity (Wildman–Crippen MR) is 76.8 cm³/mol.